The van der Waals surface area contributed by atoms with E-state index < -0.39 is 17.8 Å². The lowest BCUT2D eigenvalue weighted by Gasteiger charge is -2.26. The molecule has 5 nitrogen and oxygen atoms in total. The molecule has 2 N–H and O–H groups in total. The summed E-state index contributed by atoms with van der Waals surface area (Å²) in [6.07, 6.45) is 2.74. The number of nitrogens with one attached hydrogen (secondary N) is 1. The average Bonchev–Trinajstić information content (AvgIpc) is 3.35. The van der Waals surface area contributed by atoms with E-state index in [1.165, 1.54) is 16.9 Å². The Balaban J connectivity index is 1.52. The standard InChI is InChI=1S/C22H26N2O3S/c1-11(2)13-4-6-14(7-5-13)19-12(3)28-22(23-19)24-20(25)17-15-8-9-16(10-15)18(17)21(26)27/h4-7,11,15-18H,8-10H2,1-3H3,(H,26,27)(H,23,24,25)/t15-,16+,17+,18+/m0/s1. The maximum Gasteiger partial charge on any atom is 0.307 e. The van der Waals surface area contributed by atoms with Crippen molar-refractivity contribution >= 4 is 28.3 Å². The van der Waals surface area contributed by atoms with Crippen LogP contribution in [0.1, 0.15) is 49.5 Å². The van der Waals surface area contributed by atoms with Crippen molar-refractivity contribution in [2.75, 3.05) is 5.32 Å². The molecule has 0 spiro atoms. The van der Waals surface area contributed by atoms with Gasteiger partial charge in [-0.1, -0.05) is 38.1 Å². The van der Waals surface area contributed by atoms with Gasteiger partial charge in [-0.3, -0.25) is 9.59 Å². The number of aryl methyl sites for hydroxylation is 1. The van der Waals surface area contributed by atoms with E-state index in [9.17, 15) is 14.7 Å². The van der Waals surface area contributed by atoms with Crippen molar-refractivity contribution in [3.63, 3.8) is 0 Å². The normalized spacial score (nSPS) is 26.0. The Morgan fingerprint density at radius 3 is 2.39 bits per heavy atom. The van der Waals surface area contributed by atoms with Crippen LogP contribution in [0, 0.1) is 30.6 Å². The van der Waals surface area contributed by atoms with Crippen LogP contribution >= 0.6 is 11.3 Å². The Kier molecular flexibility index (Phi) is 5.00. The number of fused-ring (bicyclic) bond motifs is 2. The summed E-state index contributed by atoms with van der Waals surface area (Å²) in [5, 5.41) is 13.1. The Hall–Kier alpha value is -2.21. The smallest absolute Gasteiger partial charge is 0.307 e. The van der Waals surface area contributed by atoms with Gasteiger partial charge in [0.25, 0.3) is 0 Å². The van der Waals surface area contributed by atoms with Gasteiger partial charge in [-0.2, -0.15) is 0 Å². The molecule has 2 fully saturated rings. The fourth-order valence-corrected chi connectivity index (χ4v) is 5.79. The first-order valence-electron chi connectivity index (χ1n) is 9.96. The molecular weight excluding hydrogens is 372 g/mol. The fraction of sp³-hybridized carbons (Fsp3) is 0.500. The van der Waals surface area contributed by atoms with E-state index in [-0.39, 0.29) is 17.7 Å². The van der Waals surface area contributed by atoms with E-state index >= 15 is 0 Å². The van der Waals surface area contributed by atoms with Crippen LogP contribution in [0.2, 0.25) is 0 Å². The van der Waals surface area contributed by atoms with Crippen LogP contribution in [0.25, 0.3) is 11.3 Å². The lowest BCUT2D eigenvalue weighted by Crippen LogP contribution is -2.37. The van der Waals surface area contributed by atoms with Gasteiger partial charge in [0.2, 0.25) is 5.91 Å². The van der Waals surface area contributed by atoms with Gasteiger partial charge in [0, 0.05) is 10.4 Å². The number of aliphatic carboxylic acids is 1. The lowest BCUT2D eigenvalue weighted by atomic mass is 9.79. The predicted molar refractivity (Wildman–Crippen MR) is 110 cm³/mol. The number of anilines is 1. The third kappa shape index (κ3) is 3.34. The first kappa shape index (κ1) is 19.1. The number of amides is 1. The van der Waals surface area contributed by atoms with Crippen LogP contribution in [0.15, 0.2) is 24.3 Å². The van der Waals surface area contributed by atoms with Crippen LogP contribution in [0.5, 0.6) is 0 Å². The third-order valence-corrected chi connectivity index (χ3v) is 7.27. The fourth-order valence-electron chi connectivity index (χ4n) is 4.96. The second-order valence-corrected chi connectivity index (χ2v) is 9.62. The second kappa shape index (κ2) is 7.32. The third-order valence-electron chi connectivity index (χ3n) is 6.38. The van der Waals surface area contributed by atoms with Crippen LogP contribution < -0.4 is 5.32 Å². The number of carbonyl (C=O) groups excluding carboxylic acids is 1. The molecule has 28 heavy (non-hydrogen) atoms. The van der Waals surface area contributed by atoms with Crippen LogP contribution in [0.3, 0.4) is 0 Å². The molecule has 0 unspecified atom stereocenters. The summed E-state index contributed by atoms with van der Waals surface area (Å²) in [4.78, 5) is 30.2. The molecule has 0 aliphatic heterocycles. The molecule has 4 atom stereocenters. The number of nitrogens with zero attached hydrogens (tertiary/aromatic N) is 1. The largest absolute Gasteiger partial charge is 0.481 e. The lowest BCUT2D eigenvalue weighted by molar-refractivity contribution is -0.148. The van der Waals surface area contributed by atoms with Gasteiger partial charge in [0.05, 0.1) is 17.5 Å². The Labute approximate surface area is 169 Å². The predicted octanol–water partition coefficient (Wildman–Crippen LogP) is 4.93. The maximum absolute atomic E-state index is 12.9. The van der Waals surface area contributed by atoms with Crippen LogP contribution in [0.4, 0.5) is 5.13 Å². The molecule has 0 saturated heterocycles. The molecule has 2 aliphatic rings. The highest BCUT2D eigenvalue weighted by molar-refractivity contribution is 7.16. The first-order chi connectivity index (χ1) is 13.3. The minimum absolute atomic E-state index is 0.145. The number of aromatic nitrogens is 1. The van der Waals surface area contributed by atoms with Gasteiger partial charge >= 0.3 is 5.97 Å². The van der Waals surface area contributed by atoms with Crippen molar-refractivity contribution in [1.82, 2.24) is 4.98 Å². The zero-order valence-electron chi connectivity index (χ0n) is 16.4. The highest BCUT2D eigenvalue weighted by Gasteiger charge is 2.54. The minimum atomic E-state index is -0.839. The number of rotatable bonds is 5. The Morgan fingerprint density at radius 2 is 1.79 bits per heavy atom. The first-order valence-corrected chi connectivity index (χ1v) is 10.8. The van der Waals surface area contributed by atoms with E-state index in [1.54, 1.807) is 0 Å². The van der Waals surface area contributed by atoms with E-state index in [1.807, 2.05) is 6.92 Å². The Bertz CT molecular complexity index is 903. The quantitative estimate of drug-likeness (QED) is 0.749. The summed E-state index contributed by atoms with van der Waals surface area (Å²) < 4.78 is 0. The zero-order chi connectivity index (χ0) is 20.0. The number of hydrogen-bond donors (Lipinski definition) is 2. The molecule has 2 aromatic rings. The van der Waals surface area contributed by atoms with Gasteiger partial charge in [0.1, 0.15) is 0 Å². The van der Waals surface area contributed by atoms with Gasteiger partial charge in [-0.25, -0.2) is 4.98 Å². The van der Waals surface area contributed by atoms with Gasteiger partial charge in [0.15, 0.2) is 5.13 Å². The molecule has 2 saturated carbocycles. The molecule has 1 amide bonds. The average molecular weight is 399 g/mol. The SMILES string of the molecule is Cc1sc(NC(=O)[C@@H]2[C@H]3CC[C@H](C3)[C@H]2C(=O)O)nc1-c1ccc(C(C)C)cc1. The van der Waals surface area contributed by atoms with E-state index in [4.69, 9.17) is 0 Å². The summed E-state index contributed by atoms with van der Waals surface area (Å²) in [5.41, 5.74) is 3.18. The van der Waals surface area contributed by atoms with Crippen LogP contribution in [-0.4, -0.2) is 22.0 Å². The zero-order valence-corrected chi connectivity index (χ0v) is 17.3. The van der Waals surface area contributed by atoms with Gasteiger partial charge < -0.3 is 10.4 Å². The number of thiazole rings is 1. The summed E-state index contributed by atoms with van der Waals surface area (Å²) in [6, 6.07) is 8.37. The molecule has 0 radical (unpaired) electrons. The number of carboxylic acids is 1. The topological polar surface area (TPSA) is 79.3 Å². The molecule has 1 aromatic heterocycles. The molecule has 2 aliphatic carbocycles. The van der Waals surface area contributed by atoms with Crippen molar-refractivity contribution in [3.8, 4) is 11.3 Å². The summed E-state index contributed by atoms with van der Waals surface area (Å²) in [7, 11) is 0. The Morgan fingerprint density at radius 1 is 1.14 bits per heavy atom. The van der Waals surface area contributed by atoms with Crippen molar-refractivity contribution in [3.05, 3.63) is 34.7 Å². The van der Waals surface area contributed by atoms with Crippen molar-refractivity contribution < 1.29 is 14.7 Å². The van der Waals surface area contributed by atoms with E-state index in [2.05, 4.69) is 48.4 Å². The van der Waals surface area contributed by atoms with Gasteiger partial charge in [-0.05, 0) is 49.5 Å². The highest BCUT2D eigenvalue weighted by Crippen LogP contribution is 2.52. The van der Waals surface area contributed by atoms with E-state index in [0.29, 0.717) is 11.0 Å². The summed E-state index contributed by atoms with van der Waals surface area (Å²) in [6.45, 7) is 6.32. The molecule has 148 valence electrons. The number of benzene rings is 1. The highest BCUT2D eigenvalue weighted by atomic mass is 32.1. The minimum Gasteiger partial charge on any atom is -0.481 e. The van der Waals surface area contributed by atoms with Crippen LogP contribution in [-0.2, 0) is 9.59 Å². The van der Waals surface area contributed by atoms with E-state index in [0.717, 1.165) is 35.4 Å². The number of carboxylic acid groups (broad SMARTS) is 1. The second-order valence-electron chi connectivity index (χ2n) is 8.41. The molecule has 1 heterocycles. The molecule has 6 heteroatoms. The van der Waals surface area contributed by atoms with Crippen molar-refractivity contribution in [2.24, 2.45) is 23.7 Å². The molecule has 4 rings (SSSR count). The summed E-state index contributed by atoms with van der Waals surface area (Å²) in [5.74, 6) is -1.20. The number of carbonyl (C=O) groups is 2. The summed E-state index contributed by atoms with van der Waals surface area (Å²) >= 11 is 1.45. The van der Waals surface area contributed by atoms with Gasteiger partial charge in [-0.15, -0.1) is 11.3 Å². The number of hydrogen-bond acceptors (Lipinski definition) is 4. The van der Waals surface area contributed by atoms with Crippen molar-refractivity contribution in [1.29, 1.82) is 0 Å². The molecule has 2 bridgehead atoms. The van der Waals surface area contributed by atoms with Crippen molar-refractivity contribution in [2.45, 2.75) is 46.0 Å². The molecule has 1 aromatic carbocycles. The monoisotopic (exact) mass is 398 g/mol. The maximum atomic E-state index is 12.9. The molecular formula is C22H26N2O3S.